The third-order valence-electron chi connectivity index (χ3n) is 20.9. The van der Waals surface area contributed by atoms with E-state index in [0.29, 0.717) is 17.4 Å². The molecular weight excluding hydrogens is 1250 g/mol. The molecule has 101 heavy (non-hydrogen) atoms. The Kier molecular flexibility index (Phi) is 81.1. The summed E-state index contributed by atoms with van der Waals surface area (Å²) in [7, 11) is 6.01. The normalized spacial score (nSPS) is 12.7. The molecule has 0 aliphatic carbocycles. The van der Waals surface area contributed by atoms with E-state index in [-0.39, 0.29) is 38.2 Å². The van der Waals surface area contributed by atoms with Crippen LogP contribution in [0.25, 0.3) is 0 Å². The van der Waals surface area contributed by atoms with Crippen molar-refractivity contribution in [3.05, 3.63) is 36.5 Å². The van der Waals surface area contributed by atoms with Gasteiger partial charge in [-0.05, 0) is 51.4 Å². The predicted molar refractivity (Wildman–Crippen MR) is 438 cm³/mol. The largest absolute Gasteiger partial charge is 0.477 e. The van der Waals surface area contributed by atoms with Crippen molar-refractivity contribution in [2.45, 2.75) is 489 Å². The zero-order valence-corrected chi connectivity index (χ0v) is 68.6. The standard InChI is InChI=1S/C92H175NO8/c1-6-8-10-12-14-16-18-20-22-24-26-28-30-32-34-36-38-40-42-43-44-45-46-47-49-51-53-55-57-59-61-63-65-67-69-71-73-75-77-79-81-83-90(95)101-88(87-100-92(91(96)97)98-85-84-93(3,4)5)86-99-89(94)82-80-78-76-74-72-70-68-66-64-62-60-58-56-54-52-50-48-41-39-37-35-33-31-29-27-25-23-21-19-17-15-13-11-9-7-2/h18,20,24,26,30,32,88,92H,6-17,19,21-23,25,27-29,31,33-87H2,1-5H3/p+1/b20-18-,26-24-,32-30-. The first-order chi connectivity index (χ1) is 49.6. The third kappa shape index (κ3) is 84.6. The number of carbonyl (C=O) groups excluding carboxylic acids is 2. The lowest BCUT2D eigenvalue weighted by atomic mass is 10.0. The van der Waals surface area contributed by atoms with E-state index in [2.05, 4.69) is 50.3 Å². The van der Waals surface area contributed by atoms with Crippen molar-refractivity contribution in [1.29, 1.82) is 0 Å². The van der Waals surface area contributed by atoms with E-state index in [1.54, 1.807) is 0 Å². The lowest BCUT2D eigenvalue weighted by molar-refractivity contribution is -0.870. The average Bonchev–Trinajstić information content (AvgIpc) is 1.21. The van der Waals surface area contributed by atoms with Crippen molar-refractivity contribution in [2.75, 3.05) is 47.5 Å². The van der Waals surface area contributed by atoms with Crippen LogP contribution in [0, 0.1) is 0 Å². The Balaban J connectivity index is 3.89. The van der Waals surface area contributed by atoms with Crippen LogP contribution in [0.5, 0.6) is 0 Å². The number of carboxylic acid groups (broad SMARTS) is 1. The maximum Gasteiger partial charge on any atom is 0.361 e. The molecule has 0 fully saturated rings. The maximum atomic E-state index is 13.0. The van der Waals surface area contributed by atoms with Crippen molar-refractivity contribution in [3.63, 3.8) is 0 Å². The molecule has 1 N–H and O–H groups in total. The predicted octanol–water partition coefficient (Wildman–Crippen LogP) is 29.4. The Morgan fingerprint density at radius 1 is 0.297 bits per heavy atom. The van der Waals surface area contributed by atoms with Crippen molar-refractivity contribution in [3.8, 4) is 0 Å². The van der Waals surface area contributed by atoms with Crippen molar-refractivity contribution in [2.24, 2.45) is 0 Å². The summed E-state index contributed by atoms with van der Waals surface area (Å²) in [5, 5.41) is 9.79. The van der Waals surface area contributed by atoms with Crippen LogP contribution in [0.3, 0.4) is 0 Å². The van der Waals surface area contributed by atoms with Gasteiger partial charge in [-0.1, -0.05) is 448 Å². The van der Waals surface area contributed by atoms with Crippen LogP contribution in [-0.2, 0) is 33.3 Å². The summed E-state index contributed by atoms with van der Waals surface area (Å²) in [6, 6.07) is 0. The number of quaternary nitrogens is 1. The Bertz CT molecular complexity index is 1760. The highest BCUT2D eigenvalue weighted by Gasteiger charge is 2.25. The van der Waals surface area contributed by atoms with Crippen LogP contribution in [-0.4, -0.2) is 87.4 Å². The van der Waals surface area contributed by atoms with E-state index in [9.17, 15) is 19.5 Å². The number of esters is 2. The maximum absolute atomic E-state index is 13.0. The lowest BCUT2D eigenvalue weighted by Gasteiger charge is -2.25. The third-order valence-corrected chi connectivity index (χ3v) is 20.9. The topological polar surface area (TPSA) is 108 Å². The van der Waals surface area contributed by atoms with E-state index in [4.69, 9.17) is 18.9 Å². The molecule has 0 bridgehead atoms. The highest BCUT2D eigenvalue weighted by molar-refractivity contribution is 5.71. The molecule has 2 atom stereocenters. The number of allylic oxidation sites excluding steroid dienone is 6. The van der Waals surface area contributed by atoms with Gasteiger partial charge in [-0.15, -0.1) is 0 Å². The molecule has 0 saturated heterocycles. The molecular formula is C92H176NO8+. The van der Waals surface area contributed by atoms with E-state index < -0.39 is 18.4 Å². The van der Waals surface area contributed by atoms with E-state index in [1.165, 1.54) is 398 Å². The molecule has 2 unspecified atom stereocenters. The molecule has 9 heteroatoms. The first-order valence-electron chi connectivity index (χ1n) is 45.2. The molecule has 0 aromatic rings. The van der Waals surface area contributed by atoms with Crippen molar-refractivity contribution in [1.82, 2.24) is 0 Å². The molecule has 0 spiro atoms. The summed E-state index contributed by atoms with van der Waals surface area (Å²) in [6.45, 7) is 4.96. The first kappa shape index (κ1) is 98.5. The zero-order chi connectivity index (χ0) is 73.2. The van der Waals surface area contributed by atoms with Gasteiger partial charge >= 0.3 is 17.9 Å². The van der Waals surface area contributed by atoms with Gasteiger partial charge in [0.15, 0.2) is 6.10 Å². The van der Waals surface area contributed by atoms with Crippen LogP contribution in [0.2, 0.25) is 0 Å². The van der Waals surface area contributed by atoms with Gasteiger partial charge in [0.2, 0.25) is 0 Å². The van der Waals surface area contributed by atoms with E-state index in [0.717, 1.165) is 51.4 Å². The van der Waals surface area contributed by atoms with Crippen LogP contribution < -0.4 is 0 Å². The summed E-state index contributed by atoms with van der Waals surface area (Å²) >= 11 is 0. The smallest absolute Gasteiger partial charge is 0.361 e. The highest BCUT2D eigenvalue weighted by atomic mass is 16.7. The summed E-state index contributed by atoms with van der Waals surface area (Å²) in [6.07, 6.45) is 106. The van der Waals surface area contributed by atoms with Gasteiger partial charge in [0.25, 0.3) is 6.29 Å². The number of ether oxygens (including phenoxy) is 4. The zero-order valence-electron chi connectivity index (χ0n) is 68.6. The minimum absolute atomic E-state index is 0.174. The lowest BCUT2D eigenvalue weighted by Crippen LogP contribution is -2.40. The fraction of sp³-hybridized carbons (Fsp3) is 0.902. The Morgan fingerprint density at radius 3 is 0.792 bits per heavy atom. The number of nitrogens with zero attached hydrogens (tertiary/aromatic N) is 1. The van der Waals surface area contributed by atoms with Crippen molar-refractivity contribution < 1.29 is 42.9 Å². The van der Waals surface area contributed by atoms with Gasteiger partial charge in [0.1, 0.15) is 13.2 Å². The van der Waals surface area contributed by atoms with Crippen LogP contribution in [0.15, 0.2) is 36.5 Å². The monoisotopic (exact) mass is 1420 g/mol. The molecule has 0 saturated carbocycles. The molecule has 0 amide bonds. The second kappa shape index (κ2) is 83.2. The molecule has 0 aliphatic rings. The van der Waals surface area contributed by atoms with Gasteiger partial charge in [0.05, 0.1) is 34.4 Å². The SMILES string of the molecule is CCCCCCC/C=C\C/C=C\C/C=C\CCCCCCCCCCCCCCCCCCCCCCCCCCCCC(=O)OC(COC(=O)CCCCCCCCCCCCCCCCCCCCCCCCCCCCCCCCCCCCC)COC(OCC[N+](C)(C)C)C(=O)O. The van der Waals surface area contributed by atoms with Gasteiger partial charge in [0, 0.05) is 12.8 Å². The summed E-state index contributed by atoms with van der Waals surface area (Å²) < 4.78 is 23.1. The number of unbranched alkanes of at least 4 members (excludes halogenated alkanes) is 65. The molecule has 0 radical (unpaired) electrons. The van der Waals surface area contributed by atoms with Crippen molar-refractivity contribution >= 4 is 17.9 Å². The van der Waals surface area contributed by atoms with Gasteiger partial charge < -0.3 is 28.5 Å². The number of hydrogen-bond acceptors (Lipinski definition) is 7. The molecule has 0 rings (SSSR count). The minimum Gasteiger partial charge on any atom is -0.477 e. The van der Waals surface area contributed by atoms with Gasteiger partial charge in [-0.2, -0.15) is 0 Å². The Morgan fingerprint density at radius 2 is 0.535 bits per heavy atom. The molecule has 596 valence electrons. The molecule has 0 heterocycles. The van der Waals surface area contributed by atoms with Gasteiger partial charge in [-0.25, -0.2) is 4.79 Å². The number of carbonyl (C=O) groups is 3. The van der Waals surface area contributed by atoms with E-state index in [1.807, 2.05) is 21.1 Å². The molecule has 0 aromatic carbocycles. The highest BCUT2D eigenvalue weighted by Crippen LogP contribution is 2.21. The first-order valence-corrected chi connectivity index (χ1v) is 45.2. The Labute approximate surface area is 630 Å². The van der Waals surface area contributed by atoms with Crippen LogP contribution in [0.4, 0.5) is 0 Å². The molecule has 9 nitrogen and oxygen atoms in total. The summed E-state index contributed by atoms with van der Waals surface area (Å²) in [5.41, 5.74) is 0. The Hall–Kier alpha value is -2.49. The fourth-order valence-corrected chi connectivity index (χ4v) is 14.0. The minimum atomic E-state index is -1.51. The molecule has 0 aromatic heterocycles. The van der Waals surface area contributed by atoms with Crippen LogP contribution >= 0.6 is 0 Å². The summed E-state index contributed by atoms with van der Waals surface area (Å²) in [4.78, 5) is 37.8. The number of hydrogen-bond donors (Lipinski definition) is 1. The number of likely N-dealkylation sites (N-methyl/N-ethyl adjacent to an activating group) is 1. The van der Waals surface area contributed by atoms with Crippen LogP contribution in [0.1, 0.15) is 476 Å². The number of carboxylic acids is 1. The number of aliphatic carboxylic acids is 1. The summed E-state index contributed by atoms with van der Waals surface area (Å²) in [5.74, 6) is -1.96. The number of rotatable bonds is 86. The van der Waals surface area contributed by atoms with E-state index >= 15 is 0 Å². The second-order valence-corrected chi connectivity index (χ2v) is 32.3. The van der Waals surface area contributed by atoms with Gasteiger partial charge in [-0.3, -0.25) is 9.59 Å². The average molecular weight is 1420 g/mol. The molecule has 0 aliphatic heterocycles. The fourth-order valence-electron chi connectivity index (χ4n) is 14.0. The second-order valence-electron chi connectivity index (χ2n) is 32.3. The quantitative estimate of drug-likeness (QED) is 0.0211.